The molecule has 0 saturated carbocycles. The average molecular weight is 303 g/mol. The highest BCUT2D eigenvalue weighted by Crippen LogP contribution is 2.27. The zero-order valence-electron chi connectivity index (χ0n) is 12.3. The fraction of sp³-hybridized carbons (Fsp3) is 0.357. The van der Waals surface area contributed by atoms with Crippen LogP contribution in [0.25, 0.3) is 11.0 Å². The monoisotopic (exact) mass is 303 g/mol. The van der Waals surface area contributed by atoms with Crippen molar-refractivity contribution in [1.82, 2.24) is 19.7 Å². The van der Waals surface area contributed by atoms with Crippen molar-refractivity contribution in [3.05, 3.63) is 30.1 Å². The van der Waals surface area contributed by atoms with Crippen LogP contribution in [0.1, 0.15) is 18.5 Å². The van der Waals surface area contributed by atoms with E-state index >= 15 is 0 Å². The van der Waals surface area contributed by atoms with Crippen molar-refractivity contribution < 1.29 is 4.42 Å². The molecule has 0 radical (unpaired) electrons. The van der Waals surface area contributed by atoms with Crippen molar-refractivity contribution in [2.45, 2.75) is 24.5 Å². The number of aromatic nitrogens is 4. The SMILES string of the molecule is CCNc1nc(CSc2ccoc2C)nc2c1cnn2C. The van der Waals surface area contributed by atoms with E-state index in [2.05, 4.69) is 20.4 Å². The first-order chi connectivity index (χ1) is 10.2. The van der Waals surface area contributed by atoms with Gasteiger partial charge in [0.1, 0.15) is 17.4 Å². The molecule has 3 heterocycles. The third-order valence-electron chi connectivity index (χ3n) is 3.15. The molecule has 0 spiro atoms. The van der Waals surface area contributed by atoms with Crippen LogP contribution in [0, 0.1) is 6.92 Å². The van der Waals surface area contributed by atoms with Gasteiger partial charge < -0.3 is 9.73 Å². The van der Waals surface area contributed by atoms with Crippen LogP contribution in [0.4, 0.5) is 5.82 Å². The summed E-state index contributed by atoms with van der Waals surface area (Å²) in [6.45, 7) is 4.82. The zero-order valence-corrected chi connectivity index (χ0v) is 13.1. The summed E-state index contributed by atoms with van der Waals surface area (Å²) < 4.78 is 7.08. The molecule has 0 aliphatic rings. The van der Waals surface area contributed by atoms with Crippen molar-refractivity contribution in [2.75, 3.05) is 11.9 Å². The first kappa shape index (κ1) is 13.9. The van der Waals surface area contributed by atoms with E-state index in [1.165, 1.54) is 0 Å². The van der Waals surface area contributed by atoms with Crippen molar-refractivity contribution >= 4 is 28.6 Å². The van der Waals surface area contributed by atoms with Crippen LogP contribution in [0.5, 0.6) is 0 Å². The van der Waals surface area contributed by atoms with Crippen LogP contribution in [0.2, 0.25) is 0 Å². The second-order valence-electron chi connectivity index (χ2n) is 4.65. The summed E-state index contributed by atoms with van der Waals surface area (Å²) in [5, 5.41) is 8.48. The molecule has 3 rings (SSSR count). The van der Waals surface area contributed by atoms with Crippen molar-refractivity contribution in [3.63, 3.8) is 0 Å². The van der Waals surface area contributed by atoms with E-state index in [0.29, 0.717) is 5.75 Å². The van der Waals surface area contributed by atoms with Gasteiger partial charge in [-0.05, 0) is 19.9 Å². The summed E-state index contributed by atoms with van der Waals surface area (Å²) in [4.78, 5) is 10.3. The molecular formula is C14H17N5OS. The fourth-order valence-electron chi connectivity index (χ4n) is 2.10. The number of rotatable bonds is 5. The molecular weight excluding hydrogens is 286 g/mol. The predicted octanol–water partition coefficient (Wildman–Crippen LogP) is 2.99. The van der Waals surface area contributed by atoms with Gasteiger partial charge in [-0.25, -0.2) is 9.97 Å². The second kappa shape index (κ2) is 5.77. The molecule has 0 aliphatic carbocycles. The van der Waals surface area contributed by atoms with Crippen LogP contribution in [0.15, 0.2) is 27.8 Å². The number of nitrogens with zero attached hydrogens (tertiary/aromatic N) is 4. The van der Waals surface area contributed by atoms with Crippen molar-refractivity contribution in [3.8, 4) is 0 Å². The molecule has 0 aromatic carbocycles. The summed E-state index contributed by atoms with van der Waals surface area (Å²) >= 11 is 1.67. The average Bonchev–Trinajstić information content (AvgIpc) is 3.04. The number of anilines is 1. The van der Waals surface area contributed by atoms with Gasteiger partial charge in [-0.15, -0.1) is 11.8 Å². The molecule has 0 atom stereocenters. The molecule has 6 nitrogen and oxygen atoms in total. The van der Waals surface area contributed by atoms with Crippen molar-refractivity contribution in [2.24, 2.45) is 7.05 Å². The van der Waals surface area contributed by atoms with Crippen LogP contribution < -0.4 is 5.32 Å². The van der Waals surface area contributed by atoms with Gasteiger partial charge in [0.05, 0.1) is 23.6 Å². The largest absolute Gasteiger partial charge is 0.468 e. The van der Waals surface area contributed by atoms with E-state index in [-0.39, 0.29) is 0 Å². The number of furan rings is 1. The minimum Gasteiger partial charge on any atom is -0.468 e. The molecule has 0 saturated heterocycles. The molecule has 0 fully saturated rings. The Kier molecular flexibility index (Phi) is 3.83. The normalized spacial score (nSPS) is 11.2. The number of hydrogen-bond donors (Lipinski definition) is 1. The summed E-state index contributed by atoms with van der Waals surface area (Å²) in [5.74, 6) is 3.25. The smallest absolute Gasteiger partial charge is 0.163 e. The van der Waals surface area contributed by atoms with Gasteiger partial charge in [0.2, 0.25) is 0 Å². The third kappa shape index (κ3) is 2.73. The second-order valence-corrected chi connectivity index (χ2v) is 5.67. The number of hydrogen-bond acceptors (Lipinski definition) is 6. The van der Waals surface area contributed by atoms with Gasteiger partial charge in [0.25, 0.3) is 0 Å². The van der Waals surface area contributed by atoms with Crippen LogP contribution in [-0.2, 0) is 12.8 Å². The highest BCUT2D eigenvalue weighted by atomic mass is 32.2. The van der Waals surface area contributed by atoms with E-state index in [1.54, 1.807) is 28.9 Å². The molecule has 3 aromatic rings. The summed E-state index contributed by atoms with van der Waals surface area (Å²) in [7, 11) is 1.89. The van der Waals surface area contributed by atoms with Gasteiger partial charge in [0.15, 0.2) is 5.65 Å². The lowest BCUT2D eigenvalue weighted by Crippen LogP contribution is -2.05. The Balaban J connectivity index is 1.91. The van der Waals surface area contributed by atoms with Crippen LogP contribution in [-0.4, -0.2) is 26.3 Å². The maximum atomic E-state index is 5.30. The lowest BCUT2D eigenvalue weighted by Gasteiger charge is -2.07. The zero-order chi connectivity index (χ0) is 14.8. The van der Waals surface area contributed by atoms with Gasteiger partial charge in [-0.2, -0.15) is 5.10 Å². The van der Waals surface area contributed by atoms with Crippen molar-refractivity contribution in [1.29, 1.82) is 0 Å². The first-order valence-electron chi connectivity index (χ1n) is 6.78. The molecule has 1 N–H and O–H groups in total. The Labute approximate surface area is 127 Å². The molecule has 3 aromatic heterocycles. The fourth-order valence-corrected chi connectivity index (χ4v) is 2.92. The lowest BCUT2D eigenvalue weighted by molar-refractivity contribution is 0.527. The first-order valence-corrected chi connectivity index (χ1v) is 7.77. The Hall–Kier alpha value is -2.02. The summed E-state index contributed by atoms with van der Waals surface area (Å²) in [6, 6.07) is 1.97. The van der Waals surface area contributed by atoms with E-state index in [1.807, 2.05) is 27.0 Å². The molecule has 21 heavy (non-hydrogen) atoms. The molecule has 110 valence electrons. The van der Waals surface area contributed by atoms with Gasteiger partial charge in [-0.3, -0.25) is 4.68 Å². The van der Waals surface area contributed by atoms with E-state index in [4.69, 9.17) is 4.42 Å². The van der Waals surface area contributed by atoms with Gasteiger partial charge in [0, 0.05) is 18.5 Å². The van der Waals surface area contributed by atoms with Crippen LogP contribution >= 0.6 is 11.8 Å². The predicted molar refractivity (Wildman–Crippen MR) is 83.5 cm³/mol. The third-order valence-corrected chi connectivity index (χ3v) is 4.29. The number of nitrogens with one attached hydrogen (secondary N) is 1. The quantitative estimate of drug-likeness (QED) is 0.731. The number of thioether (sulfide) groups is 1. The van der Waals surface area contributed by atoms with Gasteiger partial charge in [-0.1, -0.05) is 0 Å². The summed E-state index contributed by atoms with van der Waals surface area (Å²) in [6.07, 6.45) is 3.50. The Morgan fingerprint density at radius 2 is 2.24 bits per heavy atom. The number of fused-ring (bicyclic) bond motifs is 1. The Bertz CT molecular complexity index is 764. The number of aryl methyl sites for hydroxylation is 2. The molecule has 0 bridgehead atoms. The maximum Gasteiger partial charge on any atom is 0.163 e. The Morgan fingerprint density at radius 1 is 1.38 bits per heavy atom. The maximum absolute atomic E-state index is 5.30. The standard InChI is InChI=1S/C14H17N5OS/c1-4-15-13-10-7-16-19(3)14(10)18-12(17-13)8-21-11-5-6-20-9(11)2/h5-7H,4,8H2,1-3H3,(H,15,17,18). The highest BCUT2D eigenvalue weighted by molar-refractivity contribution is 7.98. The molecule has 0 unspecified atom stereocenters. The molecule has 7 heteroatoms. The molecule has 0 aliphatic heterocycles. The highest BCUT2D eigenvalue weighted by Gasteiger charge is 2.12. The lowest BCUT2D eigenvalue weighted by atomic mass is 10.4. The van der Waals surface area contributed by atoms with Gasteiger partial charge >= 0.3 is 0 Å². The van der Waals surface area contributed by atoms with E-state index < -0.39 is 0 Å². The van der Waals surface area contributed by atoms with E-state index in [9.17, 15) is 0 Å². The minimum atomic E-state index is 0.694. The van der Waals surface area contributed by atoms with Crippen LogP contribution in [0.3, 0.4) is 0 Å². The summed E-state index contributed by atoms with van der Waals surface area (Å²) in [5.41, 5.74) is 0.848. The molecule has 0 amide bonds. The minimum absolute atomic E-state index is 0.694. The Morgan fingerprint density at radius 3 is 2.95 bits per heavy atom. The topological polar surface area (TPSA) is 68.8 Å². The van der Waals surface area contributed by atoms with E-state index in [0.717, 1.165) is 39.9 Å².